The van der Waals surface area contributed by atoms with Crippen molar-refractivity contribution in [2.45, 2.75) is 52.1 Å². The van der Waals surface area contributed by atoms with Crippen molar-refractivity contribution < 1.29 is 18.6 Å². The van der Waals surface area contributed by atoms with Gasteiger partial charge in [-0.05, 0) is 27.7 Å². The van der Waals surface area contributed by atoms with Crippen LogP contribution in [0.1, 0.15) is 27.7 Å². The van der Waals surface area contributed by atoms with Crippen LogP contribution in [0.3, 0.4) is 0 Å². The second-order valence-corrected chi connectivity index (χ2v) is 3.94. The van der Waals surface area contributed by atoms with Crippen LogP contribution in [-0.4, -0.2) is 31.4 Å². The van der Waals surface area contributed by atoms with Crippen molar-refractivity contribution in [3.8, 4) is 0 Å². The lowest BCUT2D eigenvalue weighted by Gasteiger charge is -2.28. The van der Waals surface area contributed by atoms with Gasteiger partial charge in [0.2, 0.25) is 0 Å². The van der Waals surface area contributed by atoms with Crippen molar-refractivity contribution in [1.82, 2.24) is 0 Å². The predicted octanol–water partition coefficient (Wildman–Crippen LogP) is 1.07. The normalized spacial score (nSPS) is 56.3. The van der Waals surface area contributed by atoms with E-state index in [1.165, 1.54) is 0 Å². The fourth-order valence-electron chi connectivity index (χ4n) is 1.69. The molecule has 2 aliphatic heterocycles. The van der Waals surface area contributed by atoms with Crippen molar-refractivity contribution >= 4 is 6.96 Å². The summed E-state index contributed by atoms with van der Waals surface area (Å²) in [5, 5.41) is 0. The Labute approximate surface area is 78.5 Å². The third kappa shape index (κ3) is 1.50. The van der Waals surface area contributed by atoms with Gasteiger partial charge in [-0.2, -0.15) is 0 Å². The van der Waals surface area contributed by atoms with Gasteiger partial charge in [0.25, 0.3) is 0 Å². The summed E-state index contributed by atoms with van der Waals surface area (Å²) < 4.78 is 22.2. The highest BCUT2D eigenvalue weighted by atomic mass is 16.9. The summed E-state index contributed by atoms with van der Waals surface area (Å²) in [5.74, 6) is 0. The molecule has 2 aliphatic rings. The van der Waals surface area contributed by atoms with E-state index in [9.17, 15) is 0 Å². The fourth-order valence-corrected chi connectivity index (χ4v) is 1.69. The van der Waals surface area contributed by atoms with E-state index in [0.717, 1.165) is 0 Å². The van der Waals surface area contributed by atoms with Crippen LogP contribution in [0.25, 0.3) is 0 Å². The third-order valence-corrected chi connectivity index (χ3v) is 2.85. The Morgan fingerprint density at radius 2 is 0.846 bits per heavy atom. The van der Waals surface area contributed by atoms with Gasteiger partial charge >= 0.3 is 6.96 Å². The summed E-state index contributed by atoms with van der Waals surface area (Å²) in [6, 6.07) is 0. The number of rotatable bonds is 0. The molecule has 2 saturated heterocycles. The average Bonchev–Trinajstić information content (AvgIpc) is 2.39. The monoisotopic (exact) mass is 187 g/mol. The molecule has 4 atom stereocenters. The average molecular weight is 187 g/mol. The van der Waals surface area contributed by atoms with Crippen LogP contribution in [0.2, 0.25) is 0 Å². The second kappa shape index (κ2) is 2.95. The molecule has 4 nitrogen and oxygen atoms in total. The van der Waals surface area contributed by atoms with Crippen molar-refractivity contribution in [2.75, 3.05) is 0 Å². The Bertz CT molecular complexity index is 165. The van der Waals surface area contributed by atoms with Gasteiger partial charge in [0.1, 0.15) is 0 Å². The lowest BCUT2D eigenvalue weighted by molar-refractivity contribution is 0.0749. The summed E-state index contributed by atoms with van der Waals surface area (Å²) in [6.07, 6.45) is 0.157. The molecule has 0 radical (unpaired) electrons. The van der Waals surface area contributed by atoms with Gasteiger partial charge in [0.05, 0.1) is 0 Å². The number of hydrogen-bond acceptors (Lipinski definition) is 4. The van der Waals surface area contributed by atoms with Crippen LogP contribution in [0.5, 0.6) is 0 Å². The zero-order valence-electron chi connectivity index (χ0n) is 8.52. The predicted molar refractivity (Wildman–Crippen MR) is 47.9 cm³/mol. The lowest BCUT2D eigenvalue weighted by atomic mass is 10.1. The maximum atomic E-state index is 5.56. The van der Waals surface area contributed by atoms with Crippen molar-refractivity contribution in [3.63, 3.8) is 0 Å². The minimum atomic E-state index is -1.90. The Morgan fingerprint density at radius 3 is 1.08 bits per heavy atom. The first kappa shape index (κ1) is 9.46. The molecule has 1 spiro atoms. The van der Waals surface area contributed by atoms with Crippen LogP contribution in [0.15, 0.2) is 0 Å². The van der Waals surface area contributed by atoms with Gasteiger partial charge in [-0.3, -0.25) is 0 Å². The first-order valence-corrected chi connectivity index (χ1v) is 4.86. The van der Waals surface area contributed by atoms with E-state index in [0.29, 0.717) is 0 Å². The van der Waals surface area contributed by atoms with Crippen molar-refractivity contribution in [1.29, 1.82) is 0 Å². The van der Waals surface area contributed by atoms with Gasteiger partial charge in [0, 0.05) is 24.4 Å². The van der Waals surface area contributed by atoms with E-state index in [-0.39, 0.29) is 24.4 Å². The molecule has 5 heteroatoms. The van der Waals surface area contributed by atoms with Crippen LogP contribution in [0, 0.1) is 0 Å². The lowest BCUT2D eigenvalue weighted by Crippen LogP contribution is -2.40. The molecule has 0 saturated carbocycles. The molecule has 2 fully saturated rings. The van der Waals surface area contributed by atoms with Gasteiger partial charge in [-0.1, -0.05) is 0 Å². The third-order valence-electron chi connectivity index (χ3n) is 2.85. The molecule has 4 unspecified atom stereocenters. The van der Waals surface area contributed by atoms with Gasteiger partial charge in [-0.15, -0.1) is 0 Å². The molecule has 13 heavy (non-hydrogen) atoms. The molecule has 76 valence electrons. The van der Waals surface area contributed by atoms with E-state index in [1.54, 1.807) is 0 Å². The summed E-state index contributed by atoms with van der Waals surface area (Å²) in [4.78, 5) is 0. The zero-order valence-corrected chi connectivity index (χ0v) is 8.52. The highest BCUT2D eigenvalue weighted by molar-refractivity contribution is 6.54. The maximum absolute atomic E-state index is 5.56. The first-order valence-electron chi connectivity index (χ1n) is 4.86. The SMILES string of the molecule is CC1O[B-]2(OC1C)OC(C)C(C)O2. The Morgan fingerprint density at radius 1 is 0.615 bits per heavy atom. The molecule has 2 heterocycles. The van der Waals surface area contributed by atoms with Crippen LogP contribution in [-0.2, 0) is 18.6 Å². The molecule has 0 bridgehead atoms. The summed E-state index contributed by atoms with van der Waals surface area (Å²) in [6.45, 7) is 5.94. The van der Waals surface area contributed by atoms with Crippen molar-refractivity contribution in [2.24, 2.45) is 0 Å². The molecule has 0 aromatic carbocycles. The second-order valence-electron chi connectivity index (χ2n) is 3.94. The number of hydrogen-bond donors (Lipinski definition) is 0. The molecular weight excluding hydrogens is 171 g/mol. The summed E-state index contributed by atoms with van der Waals surface area (Å²) in [5.41, 5.74) is 0. The van der Waals surface area contributed by atoms with Crippen LogP contribution in [0.4, 0.5) is 0 Å². The van der Waals surface area contributed by atoms with Gasteiger partial charge in [-0.25, -0.2) is 0 Å². The smallest absolute Gasteiger partial charge is 0.514 e. The Kier molecular flexibility index (Phi) is 2.15. The van der Waals surface area contributed by atoms with Crippen LogP contribution >= 0.6 is 0 Å². The van der Waals surface area contributed by atoms with E-state index in [1.807, 2.05) is 27.7 Å². The molecule has 0 aromatic rings. The standard InChI is InChI=1S/C8H16BO4/c1-5-6(2)11-9(10-5)12-7(3)8(4)13-9/h5-8H,1-4H3/q-1. The largest absolute Gasteiger partial charge is 0.532 e. The van der Waals surface area contributed by atoms with Gasteiger partial charge in [0.15, 0.2) is 0 Å². The maximum Gasteiger partial charge on any atom is 0.532 e. The highest BCUT2D eigenvalue weighted by Gasteiger charge is 2.49. The molecule has 0 aliphatic carbocycles. The molecule has 0 amide bonds. The fraction of sp³-hybridized carbons (Fsp3) is 1.00. The first-order chi connectivity index (χ1) is 6.02. The molecular formula is C8H16BO4-. The minimum Gasteiger partial charge on any atom is -0.514 e. The minimum absolute atomic E-state index is 0.0394. The van der Waals surface area contributed by atoms with Gasteiger partial charge < -0.3 is 18.6 Å². The van der Waals surface area contributed by atoms with E-state index >= 15 is 0 Å². The van der Waals surface area contributed by atoms with E-state index in [2.05, 4.69) is 0 Å². The summed E-state index contributed by atoms with van der Waals surface area (Å²) >= 11 is 0. The Hall–Kier alpha value is -0.0951. The Balaban J connectivity index is 2.08. The zero-order chi connectivity index (χ0) is 9.64. The van der Waals surface area contributed by atoms with Crippen LogP contribution < -0.4 is 0 Å². The van der Waals surface area contributed by atoms with E-state index in [4.69, 9.17) is 18.6 Å². The molecule has 0 aromatic heterocycles. The quantitative estimate of drug-likeness (QED) is 0.531. The van der Waals surface area contributed by atoms with Crippen molar-refractivity contribution in [3.05, 3.63) is 0 Å². The molecule has 0 N–H and O–H groups in total. The topological polar surface area (TPSA) is 36.9 Å². The van der Waals surface area contributed by atoms with E-state index < -0.39 is 6.96 Å². The molecule has 2 rings (SSSR count). The summed E-state index contributed by atoms with van der Waals surface area (Å²) in [7, 11) is 0. The highest BCUT2D eigenvalue weighted by Crippen LogP contribution is 2.34.